The van der Waals surface area contributed by atoms with Crippen molar-refractivity contribution in [3.8, 4) is 0 Å². The van der Waals surface area contributed by atoms with E-state index in [1.165, 1.54) is 18.4 Å². The van der Waals surface area contributed by atoms with E-state index >= 15 is 0 Å². The van der Waals surface area contributed by atoms with Crippen LogP contribution in [0.4, 0.5) is 4.39 Å². The van der Waals surface area contributed by atoms with E-state index < -0.39 is 0 Å². The van der Waals surface area contributed by atoms with Crippen LogP contribution in [0.1, 0.15) is 17.4 Å². The zero-order valence-corrected chi connectivity index (χ0v) is 10.9. The highest BCUT2D eigenvalue weighted by Gasteiger charge is 2.21. The number of halogens is 2. The van der Waals surface area contributed by atoms with Gasteiger partial charge < -0.3 is 14.2 Å². The van der Waals surface area contributed by atoms with Gasteiger partial charge in [-0.1, -0.05) is 0 Å². The largest absolute Gasteiger partial charge is 0.459 e. The molecule has 2 aromatic heterocycles. The fraction of sp³-hybridized carbons (Fsp3) is 0.143. The lowest BCUT2D eigenvalue weighted by Crippen LogP contribution is -2.16. The Morgan fingerprint density at radius 1 is 1.26 bits per heavy atom. The Kier molecular flexibility index (Phi) is 3.05. The summed E-state index contributed by atoms with van der Waals surface area (Å²) in [6.45, 7) is 0. The van der Waals surface area contributed by atoms with E-state index in [-0.39, 0.29) is 11.9 Å². The Balaban J connectivity index is 2.09. The smallest absolute Gasteiger partial charge is 0.198 e. The van der Waals surface area contributed by atoms with Crippen molar-refractivity contribution in [1.82, 2.24) is 5.32 Å². The summed E-state index contributed by atoms with van der Waals surface area (Å²) in [4.78, 5) is 0. The Labute approximate surface area is 114 Å². The summed E-state index contributed by atoms with van der Waals surface area (Å²) in [6, 6.07) is 7.75. The molecule has 0 aliphatic carbocycles. The lowest BCUT2D eigenvalue weighted by atomic mass is 10.1. The third kappa shape index (κ3) is 2.13. The van der Waals surface area contributed by atoms with E-state index in [2.05, 4.69) is 5.32 Å². The number of hydrogen-bond donors (Lipinski definition) is 1. The van der Waals surface area contributed by atoms with Crippen molar-refractivity contribution in [3.05, 3.63) is 59.0 Å². The number of nitrogens with one attached hydrogen (secondary N) is 1. The van der Waals surface area contributed by atoms with E-state index in [4.69, 9.17) is 20.4 Å². The van der Waals surface area contributed by atoms with Gasteiger partial charge in [0.2, 0.25) is 0 Å². The van der Waals surface area contributed by atoms with Crippen LogP contribution in [0.3, 0.4) is 0 Å². The second-order valence-electron chi connectivity index (χ2n) is 4.20. The zero-order valence-electron chi connectivity index (χ0n) is 10.1. The molecule has 0 fully saturated rings. The average Bonchev–Trinajstić information content (AvgIpc) is 2.97. The van der Waals surface area contributed by atoms with Crippen LogP contribution in [0, 0.1) is 5.82 Å². The fourth-order valence-electron chi connectivity index (χ4n) is 2.14. The molecule has 1 atom stereocenters. The molecule has 1 N–H and O–H groups in total. The summed E-state index contributed by atoms with van der Waals surface area (Å²) in [5.74, 6) is 0.369. The minimum Gasteiger partial charge on any atom is -0.459 e. The van der Waals surface area contributed by atoms with Gasteiger partial charge >= 0.3 is 0 Å². The lowest BCUT2D eigenvalue weighted by Gasteiger charge is -2.11. The molecule has 19 heavy (non-hydrogen) atoms. The van der Waals surface area contributed by atoms with E-state index in [0.717, 1.165) is 10.9 Å². The molecule has 0 saturated carbocycles. The summed E-state index contributed by atoms with van der Waals surface area (Å²) in [6.07, 6.45) is 1.52. The maximum absolute atomic E-state index is 13.2. The summed E-state index contributed by atoms with van der Waals surface area (Å²) < 4.78 is 24.0. The first-order chi connectivity index (χ1) is 9.19. The SMILES string of the molecule is CNC(c1cc2cc(F)ccc2o1)c1ccoc1Cl. The van der Waals surface area contributed by atoms with Crippen LogP contribution >= 0.6 is 11.6 Å². The second kappa shape index (κ2) is 4.72. The lowest BCUT2D eigenvalue weighted by molar-refractivity contribution is 0.486. The molecule has 0 spiro atoms. The first kappa shape index (κ1) is 12.3. The molecule has 0 amide bonds. The van der Waals surface area contributed by atoms with E-state index in [1.807, 2.05) is 0 Å². The molecule has 0 saturated heterocycles. The van der Waals surface area contributed by atoms with Crippen LogP contribution in [0.5, 0.6) is 0 Å². The summed E-state index contributed by atoms with van der Waals surface area (Å²) in [7, 11) is 1.79. The Morgan fingerprint density at radius 2 is 2.11 bits per heavy atom. The van der Waals surface area contributed by atoms with Gasteiger partial charge in [0.25, 0.3) is 0 Å². The summed E-state index contributed by atoms with van der Waals surface area (Å²) in [5, 5.41) is 4.13. The first-order valence-corrected chi connectivity index (χ1v) is 6.16. The van der Waals surface area contributed by atoms with Crippen molar-refractivity contribution < 1.29 is 13.2 Å². The van der Waals surface area contributed by atoms with Crippen LogP contribution in [0.25, 0.3) is 11.0 Å². The fourth-order valence-corrected chi connectivity index (χ4v) is 2.36. The molecule has 5 heteroatoms. The van der Waals surface area contributed by atoms with Crippen LogP contribution in [0.2, 0.25) is 5.22 Å². The van der Waals surface area contributed by atoms with Gasteiger partial charge in [-0.3, -0.25) is 0 Å². The summed E-state index contributed by atoms with van der Waals surface area (Å²) >= 11 is 5.98. The van der Waals surface area contributed by atoms with Gasteiger partial charge in [0.05, 0.1) is 12.3 Å². The molecule has 3 rings (SSSR count). The molecular weight excluding hydrogens is 269 g/mol. The molecule has 3 nitrogen and oxygen atoms in total. The predicted molar refractivity (Wildman–Crippen MR) is 70.8 cm³/mol. The molecule has 0 bridgehead atoms. The normalized spacial score (nSPS) is 13.0. The van der Waals surface area contributed by atoms with Gasteiger partial charge in [-0.25, -0.2) is 4.39 Å². The Hall–Kier alpha value is -1.78. The maximum atomic E-state index is 13.2. The Bertz CT molecular complexity index is 719. The highest BCUT2D eigenvalue weighted by Crippen LogP contribution is 2.32. The van der Waals surface area contributed by atoms with Gasteiger partial charge in [-0.15, -0.1) is 0 Å². The molecule has 0 radical (unpaired) electrons. The van der Waals surface area contributed by atoms with Crippen LogP contribution in [-0.2, 0) is 0 Å². The van der Waals surface area contributed by atoms with Gasteiger partial charge in [0.1, 0.15) is 17.2 Å². The molecule has 2 heterocycles. The predicted octanol–water partition coefficient (Wildman–Crippen LogP) is 4.13. The van der Waals surface area contributed by atoms with E-state index in [1.54, 1.807) is 25.2 Å². The highest BCUT2D eigenvalue weighted by atomic mass is 35.5. The minimum absolute atomic E-state index is 0.235. The minimum atomic E-state index is -0.290. The maximum Gasteiger partial charge on any atom is 0.198 e. The third-order valence-electron chi connectivity index (χ3n) is 3.03. The van der Waals surface area contributed by atoms with Gasteiger partial charge in [-0.05, 0) is 49.0 Å². The van der Waals surface area contributed by atoms with Crippen LogP contribution < -0.4 is 5.32 Å². The average molecular weight is 280 g/mol. The van der Waals surface area contributed by atoms with Crippen LogP contribution in [0.15, 0.2) is 45.4 Å². The quantitative estimate of drug-likeness (QED) is 0.783. The summed E-state index contributed by atoms with van der Waals surface area (Å²) in [5.41, 5.74) is 1.42. The molecule has 0 aliphatic heterocycles. The van der Waals surface area contributed by atoms with E-state index in [0.29, 0.717) is 16.6 Å². The van der Waals surface area contributed by atoms with Crippen molar-refractivity contribution in [2.75, 3.05) is 7.05 Å². The number of hydrogen-bond acceptors (Lipinski definition) is 3. The van der Waals surface area contributed by atoms with Crippen molar-refractivity contribution in [3.63, 3.8) is 0 Å². The monoisotopic (exact) mass is 279 g/mol. The number of fused-ring (bicyclic) bond motifs is 1. The van der Waals surface area contributed by atoms with Crippen molar-refractivity contribution in [1.29, 1.82) is 0 Å². The first-order valence-electron chi connectivity index (χ1n) is 5.78. The number of furan rings is 2. The third-order valence-corrected chi connectivity index (χ3v) is 3.33. The molecular formula is C14H11ClFNO2. The highest BCUT2D eigenvalue weighted by molar-refractivity contribution is 6.29. The number of benzene rings is 1. The van der Waals surface area contributed by atoms with Crippen molar-refractivity contribution >= 4 is 22.6 Å². The molecule has 3 aromatic rings. The topological polar surface area (TPSA) is 38.3 Å². The van der Waals surface area contributed by atoms with Gasteiger partial charge in [-0.2, -0.15) is 0 Å². The molecule has 1 unspecified atom stereocenters. The van der Waals surface area contributed by atoms with E-state index in [9.17, 15) is 4.39 Å². The molecule has 0 aliphatic rings. The van der Waals surface area contributed by atoms with Gasteiger partial charge in [0, 0.05) is 10.9 Å². The zero-order chi connectivity index (χ0) is 13.4. The Morgan fingerprint density at radius 3 is 2.79 bits per heavy atom. The van der Waals surface area contributed by atoms with Crippen molar-refractivity contribution in [2.45, 2.75) is 6.04 Å². The van der Waals surface area contributed by atoms with Gasteiger partial charge in [0.15, 0.2) is 5.22 Å². The van der Waals surface area contributed by atoms with Crippen LogP contribution in [-0.4, -0.2) is 7.05 Å². The second-order valence-corrected chi connectivity index (χ2v) is 4.55. The number of rotatable bonds is 3. The van der Waals surface area contributed by atoms with Crippen molar-refractivity contribution in [2.24, 2.45) is 0 Å². The molecule has 98 valence electrons. The molecule has 1 aromatic carbocycles. The standard InChI is InChI=1S/C14H11ClFNO2/c1-17-13(10-4-5-18-14(10)15)12-7-8-6-9(16)2-3-11(8)19-12/h2-7,13,17H,1H3.